The summed E-state index contributed by atoms with van der Waals surface area (Å²) >= 11 is 0. The van der Waals surface area contributed by atoms with Gasteiger partial charge in [0, 0.05) is 12.6 Å². The monoisotopic (exact) mass is 248 g/mol. The predicted octanol–water partition coefficient (Wildman–Crippen LogP) is 1.90. The van der Waals surface area contributed by atoms with Gasteiger partial charge in [0.25, 0.3) is 0 Å². The van der Waals surface area contributed by atoms with Crippen molar-refractivity contribution in [2.24, 2.45) is 0 Å². The number of aliphatic hydroxyl groups is 1. The number of urea groups is 1. The summed E-state index contributed by atoms with van der Waals surface area (Å²) in [5, 5.41) is 15.3. The number of hydrogen-bond donors (Lipinski definition) is 3. The van der Waals surface area contributed by atoms with E-state index in [4.69, 9.17) is 0 Å². The summed E-state index contributed by atoms with van der Waals surface area (Å²) in [5.41, 5.74) is 1.83. The van der Waals surface area contributed by atoms with Crippen LogP contribution in [0.3, 0.4) is 0 Å². The summed E-state index contributed by atoms with van der Waals surface area (Å²) in [6, 6.07) is 7.16. The lowest BCUT2D eigenvalue weighted by Gasteiger charge is -2.16. The molecule has 0 bridgehead atoms. The number of rotatable bonds is 5. The number of carbonyl (C=O) groups excluding carboxylic acids is 1. The Hall–Kier alpha value is -1.81. The first kappa shape index (κ1) is 14.3. The second kappa shape index (κ2) is 6.81. The summed E-state index contributed by atoms with van der Waals surface area (Å²) in [7, 11) is 0. The van der Waals surface area contributed by atoms with Crippen molar-refractivity contribution in [3.05, 3.63) is 48.0 Å². The van der Waals surface area contributed by atoms with Crippen LogP contribution in [-0.4, -0.2) is 23.7 Å². The fourth-order valence-electron chi connectivity index (χ4n) is 1.58. The van der Waals surface area contributed by atoms with E-state index < -0.39 is 6.10 Å². The van der Waals surface area contributed by atoms with E-state index in [9.17, 15) is 9.90 Å². The molecule has 0 radical (unpaired) electrons. The molecule has 2 unspecified atom stereocenters. The van der Waals surface area contributed by atoms with E-state index in [1.165, 1.54) is 0 Å². The molecule has 4 heteroatoms. The second-order valence-electron chi connectivity index (χ2n) is 4.25. The van der Waals surface area contributed by atoms with Gasteiger partial charge in [0.05, 0.1) is 6.10 Å². The van der Waals surface area contributed by atoms with Gasteiger partial charge in [-0.15, -0.1) is 6.58 Å². The van der Waals surface area contributed by atoms with Crippen molar-refractivity contribution in [1.29, 1.82) is 0 Å². The summed E-state index contributed by atoms with van der Waals surface area (Å²) in [4.78, 5) is 11.5. The molecule has 1 rings (SSSR count). The van der Waals surface area contributed by atoms with Gasteiger partial charge >= 0.3 is 6.03 Å². The minimum Gasteiger partial charge on any atom is -0.387 e. The molecular formula is C14H20N2O2. The van der Waals surface area contributed by atoms with Crippen LogP contribution in [-0.2, 0) is 0 Å². The lowest BCUT2D eigenvalue weighted by atomic mass is 10.0. The van der Waals surface area contributed by atoms with Crippen molar-refractivity contribution in [3.63, 3.8) is 0 Å². The average molecular weight is 248 g/mol. The van der Waals surface area contributed by atoms with Gasteiger partial charge < -0.3 is 15.7 Å². The van der Waals surface area contributed by atoms with E-state index >= 15 is 0 Å². The van der Waals surface area contributed by atoms with Crippen molar-refractivity contribution < 1.29 is 9.90 Å². The van der Waals surface area contributed by atoms with Gasteiger partial charge in [-0.25, -0.2) is 4.79 Å². The standard InChI is InChI=1S/C14H20N2O2/c1-4-11(3)16-14(18)15-9-13(17)12-8-6-5-7-10(12)2/h4-8,11,13,17H,1,9H2,2-3H3,(H2,15,16,18). The molecule has 0 aliphatic carbocycles. The van der Waals surface area contributed by atoms with Crippen LogP contribution in [0, 0.1) is 6.92 Å². The largest absolute Gasteiger partial charge is 0.387 e. The molecule has 0 aromatic heterocycles. The van der Waals surface area contributed by atoms with Crippen LogP contribution in [0.4, 0.5) is 4.79 Å². The van der Waals surface area contributed by atoms with Crippen LogP contribution in [0.5, 0.6) is 0 Å². The van der Waals surface area contributed by atoms with Crippen molar-refractivity contribution in [3.8, 4) is 0 Å². The molecule has 0 saturated carbocycles. The molecule has 0 heterocycles. The maximum Gasteiger partial charge on any atom is 0.315 e. The van der Waals surface area contributed by atoms with E-state index in [-0.39, 0.29) is 18.6 Å². The zero-order chi connectivity index (χ0) is 13.5. The van der Waals surface area contributed by atoms with Gasteiger partial charge in [0.1, 0.15) is 0 Å². The molecule has 18 heavy (non-hydrogen) atoms. The third-order valence-electron chi connectivity index (χ3n) is 2.72. The Labute approximate surface area is 108 Å². The molecule has 1 aromatic rings. The quantitative estimate of drug-likeness (QED) is 0.697. The topological polar surface area (TPSA) is 61.4 Å². The highest BCUT2D eigenvalue weighted by atomic mass is 16.3. The Balaban J connectivity index is 2.46. The molecule has 98 valence electrons. The van der Waals surface area contributed by atoms with Gasteiger partial charge in [-0.1, -0.05) is 30.3 Å². The molecular weight excluding hydrogens is 228 g/mol. The number of amides is 2. The molecule has 0 saturated heterocycles. The van der Waals surface area contributed by atoms with Crippen LogP contribution >= 0.6 is 0 Å². The fourth-order valence-corrected chi connectivity index (χ4v) is 1.58. The van der Waals surface area contributed by atoms with Crippen LogP contribution in [0.2, 0.25) is 0 Å². The van der Waals surface area contributed by atoms with Gasteiger partial charge in [0.15, 0.2) is 0 Å². The highest BCUT2D eigenvalue weighted by Crippen LogP contribution is 2.15. The van der Waals surface area contributed by atoms with Crippen LogP contribution in [0.25, 0.3) is 0 Å². The summed E-state index contributed by atoms with van der Waals surface area (Å²) in [6.45, 7) is 7.51. The Kier molecular flexibility index (Phi) is 5.39. The molecule has 0 spiro atoms. The first-order valence-corrected chi connectivity index (χ1v) is 5.95. The Morgan fingerprint density at radius 3 is 2.78 bits per heavy atom. The number of aliphatic hydroxyl groups excluding tert-OH is 1. The van der Waals surface area contributed by atoms with Crippen molar-refractivity contribution in [2.75, 3.05) is 6.54 Å². The minimum atomic E-state index is -0.698. The number of nitrogens with one attached hydrogen (secondary N) is 2. The SMILES string of the molecule is C=CC(C)NC(=O)NCC(O)c1ccccc1C. The highest BCUT2D eigenvalue weighted by Gasteiger charge is 2.11. The smallest absolute Gasteiger partial charge is 0.315 e. The number of carbonyl (C=O) groups is 1. The maximum atomic E-state index is 11.5. The molecule has 0 aliphatic rings. The Morgan fingerprint density at radius 2 is 2.17 bits per heavy atom. The molecule has 2 amide bonds. The lowest BCUT2D eigenvalue weighted by Crippen LogP contribution is -2.41. The van der Waals surface area contributed by atoms with Crippen molar-refractivity contribution in [2.45, 2.75) is 26.0 Å². The van der Waals surface area contributed by atoms with Crippen LogP contribution < -0.4 is 10.6 Å². The number of aryl methyl sites for hydroxylation is 1. The predicted molar refractivity (Wildman–Crippen MR) is 72.3 cm³/mol. The molecule has 3 N–H and O–H groups in total. The first-order valence-electron chi connectivity index (χ1n) is 5.95. The summed E-state index contributed by atoms with van der Waals surface area (Å²) in [5.74, 6) is 0. The molecule has 2 atom stereocenters. The first-order chi connectivity index (χ1) is 8.54. The molecule has 0 fully saturated rings. The fraction of sp³-hybridized carbons (Fsp3) is 0.357. The Bertz CT molecular complexity index is 418. The summed E-state index contributed by atoms with van der Waals surface area (Å²) in [6.07, 6.45) is 0.938. The van der Waals surface area contributed by atoms with Gasteiger partial charge in [-0.2, -0.15) is 0 Å². The summed E-state index contributed by atoms with van der Waals surface area (Å²) < 4.78 is 0. The van der Waals surface area contributed by atoms with E-state index in [0.717, 1.165) is 11.1 Å². The van der Waals surface area contributed by atoms with E-state index in [0.29, 0.717) is 0 Å². The number of hydrogen-bond acceptors (Lipinski definition) is 2. The number of benzene rings is 1. The second-order valence-corrected chi connectivity index (χ2v) is 4.25. The van der Waals surface area contributed by atoms with Gasteiger partial charge in [0.2, 0.25) is 0 Å². The third kappa shape index (κ3) is 4.22. The van der Waals surface area contributed by atoms with Crippen LogP contribution in [0.15, 0.2) is 36.9 Å². The van der Waals surface area contributed by atoms with Crippen molar-refractivity contribution in [1.82, 2.24) is 10.6 Å². The van der Waals surface area contributed by atoms with E-state index in [1.807, 2.05) is 38.1 Å². The van der Waals surface area contributed by atoms with E-state index in [1.54, 1.807) is 6.08 Å². The normalized spacial score (nSPS) is 13.5. The molecule has 4 nitrogen and oxygen atoms in total. The molecule has 1 aromatic carbocycles. The lowest BCUT2D eigenvalue weighted by molar-refractivity contribution is 0.172. The van der Waals surface area contributed by atoms with E-state index in [2.05, 4.69) is 17.2 Å². The van der Waals surface area contributed by atoms with Crippen LogP contribution in [0.1, 0.15) is 24.2 Å². The highest BCUT2D eigenvalue weighted by molar-refractivity contribution is 5.74. The zero-order valence-electron chi connectivity index (χ0n) is 10.8. The van der Waals surface area contributed by atoms with Gasteiger partial charge in [-0.3, -0.25) is 0 Å². The maximum absolute atomic E-state index is 11.5. The molecule has 0 aliphatic heterocycles. The van der Waals surface area contributed by atoms with Gasteiger partial charge in [-0.05, 0) is 25.0 Å². The zero-order valence-corrected chi connectivity index (χ0v) is 10.8. The minimum absolute atomic E-state index is 0.0967. The van der Waals surface area contributed by atoms with Crippen molar-refractivity contribution >= 4 is 6.03 Å². The Morgan fingerprint density at radius 1 is 1.50 bits per heavy atom. The average Bonchev–Trinajstić information content (AvgIpc) is 2.36. The third-order valence-corrected chi connectivity index (χ3v) is 2.72.